The van der Waals surface area contributed by atoms with Crippen molar-refractivity contribution in [3.05, 3.63) is 80.4 Å². The van der Waals surface area contributed by atoms with Crippen LogP contribution in [-0.4, -0.2) is 14.5 Å². The fraction of sp³-hybridized carbons (Fsp3) is 0.176. The molecule has 0 atom stereocenters. The van der Waals surface area contributed by atoms with Gasteiger partial charge in [-0.2, -0.15) is 0 Å². The van der Waals surface area contributed by atoms with E-state index in [1.165, 1.54) is 12.1 Å². The highest BCUT2D eigenvalue weighted by molar-refractivity contribution is 7.97. The molecule has 0 aliphatic heterocycles. The number of nitrogens with zero attached hydrogens (tertiary/aromatic N) is 3. The second-order valence-corrected chi connectivity index (χ2v) is 6.31. The number of nitro groups is 1. The Labute approximate surface area is 142 Å². The monoisotopic (exact) mass is 341 g/mol. The van der Waals surface area contributed by atoms with Crippen LogP contribution in [0.4, 0.5) is 5.69 Å². The van der Waals surface area contributed by atoms with Gasteiger partial charge >= 0.3 is 0 Å². The van der Waals surface area contributed by atoms with Gasteiger partial charge in [-0.25, -0.2) is 4.98 Å². The Hall–Kier alpha value is -2.67. The number of aromatic nitrogens is 2. The van der Waals surface area contributed by atoms with Crippen LogP contribution in [0.5, 0.6) is 0 Å². The van der Waals surface area contributed by atoms with Gasteiger partial charge in [0.1, 0.15) is 5.82 Å². The molecule has 6 nitrogen and oxygen atoms in total. The van der Waals surface area contributed by atoms with Crippen LogP contribution in [0.25, 0.3) is 10.9 Å². The fourth-order valence-electron chi connectivity index (χ4n) is 2.37. The Morgan fingerprint density at radius 2 is 1.83 bits per heavy atom. The van der Waals surface area contributed by atoms with Crippen molar-refractivity contribution in [1.82, 2.24) is 9.55 Å². The van der Waals surface area contributed by atoms with E-state index in [0.717, 1.165) is 5.56 Å². The van der Waals surface area contributed by atoms with E-state index in [-0.39, 0.29) is 11.2 Å². The maximum absolute atomic E-state index is 12.3. The third-order valence-electron chi connectivity index (χ3n) is 3.72. The minimum absolute atomic E-state index is 0.0495. The fourth-order valence-corrected chi connectivity index (χ4v) is 3.34. The maximum atomic E-state index is 12.3. The highest BCUT2D eigenvalue weighted by atomic mass is 32.2. The van der Waals surface area contributed by atoms with Crippen LogP contribution < -0.4 is 5.56 Å². The van der Waals surface area contributed by atoms with Crippen molar-refractivity contribution in [3.8, 4) is 0 Å². The first-order valence-electron chi connectivity index (χ1n) is 7.32. The molecule has 0 aliphatic rings. The van der Waals surface area contributed by atoms with Gasteiger partial charge in [0.15, 0.2) is 0 Å². The van der Waals surface area contributed by atoms with Crippen molar-refractivity contribution in [1.29, 1.82) is 0 Å². The molecule has 24 heavy (non-hydrogen) atoms. The summed E-state index contributed by atoms with van der Waals surface area (Å²) in [5.74, 6) is 2.00. The van der Waals surface area contributed by atoms with Crippen LogP contribution in [0.15, 0.2) is 53.3 Å². The maximum Gasteiger partial charge on any atom is 0.269 e. The lowest BCUT2D eigenvalue weighted by Crippen LogP contribution is -2.21. The number of rotatable bonds is 5. The summed E-state index contributed by atoms with van der Waals surface area (Å²) in [4.78, 5) is 27.1. The number of fused-ring (bicyclic) bond motifs is 1. The Bertz CT molecular complexity index is 951. The van der Waals surface area contributed by atoms with E-state index in [4.69, 9.17) is 0 Å². The Balaban J connectivity index is 1.73. The number of hydrogen-bond acceptors (Lipinski definition) is 5. The molecule has 2 aromatic carbocycles. The molecule has 0 unspecified atom stereocenters. The van der Waals surface area contributed by atoms with Crippen molar-refractivity contribution < 1.29 is 4.92 Å². The summed E-state index contributed by atoms with van der Waals surface area (Å²) in [5.41, 5.74) is 1.73. The van der Waals surface area contributed by atoms with Gasteiger partial charge in [-0.3, -0.25) is 19.5 Å². The summed E-state index contributed by atoms with van der Waals surface area (Å²) < 4.78 is 1.57. The minimum Gasteiger partial charge on any atom is -0.299 e. The van der Waals surface area contributed by atoms with Gasteiger partial charge in [-0.1, -0.05) is 24.3 Å². The lowest BCUT2D eigenvalue weighted by atomic mass is 10.2. The van der Waals surface area contributed by atoms with Crippen LogP contribution in [-0.2, 0) is 18.6 Å². The molecular formula is C17H15N3O3S. The standard InChI is InChI=1S/C17H15N3O3S/c1-19-16(18-15-5-3-2-4-14(15)17(19)21)11-24-10-12-6-8-13(9-7-12)20(22)23/h2-9H,10-11H2,1H3. The van der Waals surface area contributed by atoms with E-state index in [1.807, 2.05) is 18.2 Å². The number of benzene rings is 2. The molecule has 1 heterocycles. The molecule has 0 aliphatic carbocycles. The smallest absolute Gasteiger partial charge is 0.269 e. The summed E-state index contributed by atoms with van der Waals surface area (Å²) in [7, 11) is 1.73. The zero-order valence-corrected chi connectivity index (χ0v) is 13.8. The highest BCUT2D eigenvalue weighted by Gasteiger charge is 2.08. The first kappa shape index (κ1) is 16.2. The van der Waals surface area contributed by atoms with Crippen LogP contribution in [0.3, 0.4) is 0 Å². The summed E-state index contributed by atoms with van der Waals surface area (Å²) >= 11 is 1.61. The Morgan fingerprint density at radius 3 is 2.54 bits per heavy atom. The van der Waals surface area contributed by atoms with Gasteiger partial charge in [0.25, 0.3) is 11.2 Å². The third-order valence-corrected chi connectivity index (χ3v) is 4.72. The molecule has 0 radical (unpaired) electrons. The van der Waals surface area contributed by atoms with E-state index < -0.39 is 4.92 Å². The molecular weight excluding hydrogens is 326 g/mol. The largest absolute Gasteiger partial charge is 0.299 e. The molecule has 122 valence electrons. The molecule has 0 amide bonds. The van der Waals surface area contributed by atoms with E-state index in [1.54, 1.807) is 41.6 Å². The van der Waals surface area contributed by atoms with Crippen molar-refractivity contribution in [3.63, 3.8) is 0 Å². The average Bonchev–Trinajstić information content (AvgIpc) is 2.59. The van der Waals surface area contributed by atoms with Gasteiger partial charge in [0, 0.05) is 24.9 Å². The van der Waals surface area contributed by atoms with E-state index in [2.05, 4.69) is 4.98 Å². The molecule has 0 saturated carbocycles. The number of para-hydroxylation sites is 1. The van der Waals surface area contributed by atoms with Crippen LogP contribution in [0.2, 0.25) is 0 Å². The van der Waals surface area contributed by atoms with Gasteiger partial charge < -0.3 is 0 Å². The molecule has 0 spiro atoms. The van der Waals surface area contributed by atoms with Crippen molar-refractivity contribution in [2.24, 2.45) is 7.05 Å². The zero-order chi connectivity index (χ0) is 17.1. The highest BCUT2D eigenvalue weighted by Crippen LogP contribution is 2.19. The van der Waals surface area contributed by atoms with Crippen LogP contribution in [0, 0.1) is 10.1 Å². The summed E-state index contributed by atoms with van der Waals surface area (Å²) in [6.07, 6.45) is 0. The summed E-state index contributed by atoms with van der Waals surface area (Å²) in [5, 5.41) is 11.3. The Morgan fingerprint density at radius 1 is 1.12 bits per heavy atom. The van der Waals surface area contributed by atoms with Gasteiger partial charge in [-0.05, 0) is 17.7 Å². The average molecular weight is 341 g/mol. The molecule has 3 rings (SSSR count). The number of nitro benzene ring substituents is 1. The van der Waals surface area contributed by atoms with Gasteiger partial charge in [-0.15, -0.1) is 11.8 Å². The third kappa shape index (κ3) is 3.30. The van der Waals surface area contributed by atoms with E-state index >= 15 is 0 Å². The summed E-state index contributed by atoms with van der Waals surface area (Å²) in [6.45, 7) is 0. The number of hydrogen-bond donors (Lipinski definition) is 0. The topological polar surface area (TPSA) is 78.0 Å². The van der Waals surface area contributed by atoms with Crippen molar-refractivity contribution >= 4 is 28.4 Å². The molecule has 0 bridgehead atoms. The molecule has 0 N–H and O–H groups in total. The predicted octanol–water partition coefficient (Wildman–Crippen LogP) is 3.28. The van der Waals surface area contributed by atoms with Crippen molar-refractivity contribution in [2.75, 3.05) is 0 Å². The van der Waals surface area contributed by atoms with Gasteiger partial charge in [0.05, 0.1) is 21.6 Å². The van der Waals surface area contributed by atoms with Crippen LogP contribution in [0.1, 0.15) is 11.4 Å². The molecule has 7 heteroatoms. The first-order valence-corrected chi connectivity index (χ1v) is 8.47. The summed E-state index contributed by atoms with van der Waals surface area (Å²) in [6, 6.07) is 13.8. The van der Waals surface area contributed by atoms with Gasteiger partial charge in [0.2, 0.25) is 0 Å². The lowest BCUT2D eigenvalue weighted by molar-refractivity contribution is -0.384. The first-order chi connectivity index (χ1) is 11.6. The lowest BCUT2D eigenvalue weighted by Gasteiger charge is -2.09. The molecule has 0 saturated heterocycles. The van der Waals surface area contributed by atoms with Crippen LogP contribution >= 0.6 is 11.8 Å². The molecule has 0 fully saturated rings. The van der Waals surface area contributed by atoms with Crippen molar-refractivity contribution in [2.45, 2.75) is 11.5 Å². The predicted molar refractivity (Wildman–Crippen MR) is 95.1 cm³/mol. The second-order valence-electron chi connectivity index (χ2n) is 5.33. The minimum atomic E-state index is -0.411. The Kier molecular flexibility index (Phi) is 4.61. The molecule has 1 aromatic heterocycles. The normalized spacial score (nSPS) is 10.9. The molecule has 3 aromatic rings. The number of thioether (sulfide) groups is 1. The second kappa shape index (κ2) is 6.84. The zero-order valence-electron chi connectivity index (χ0n) is 13.0. The quantitative estimate of drug-likeness (QED) is 0.526. The number of non-ortho nitro benzene ring substituents is 1. The van der Waals surface area contributed by atoms with E-state index in [0.29, 0.717) is 28.2 Å². The van der Waals surface area contributed by atoms with E-state index in [9.17, 15) is 14.9 Å². The SMILES string of the molecule is Cn1c(CSCc2ccc([N+](=O)[O-])cc2)nc2ccccc2c1=O.